The van der Waals surface area contributed by atoms with E-state index in [1.54, 1.807) is 0 Å². The Balaban J connectivity index is 1.62. The normalized spacial score (nSPS) is 16.2. The van der Waals surface area contributed by atoms with Gasteiger partial charge in [-0.2, -0.15) is 0 Å². The molecule has 1 saturated heterocycles. The van der Waals surface area contributed by atoms with Crippen molar-refractivity contribution in [1.82, 2.24) is 15.5 Å². The lowest BCUT2D eigenvalue weighted by Gasteiger charge is -2.29. The van der Waals surface area contributed by atoms with Gasteiger partial charge in [0.15, 0.2) is 0 Å². The third kappa shape index (κ3) is 5.31. The second kappa shape index (κ2) is 9.36. The number of nitrogens with zero attached hydrogens (tertiary/aromatic N) is 1. The van der Waals surface area contributed by atoms with Crippen LogP contribution >= 0.6 is 0 Å². The molecule has 0 radical (unpaired) electrons. The molecule has 5 nitrogen and oxygen atoms in total. The number of urea groups is 1. The highest BCUT2D eigenvalue weighted by molar-refractivity contribution is 5.75. The Labute approximate surface area is 155 Å². The number of hydrogen-bond donors (Lipinski definition) is 2. The fraction of sp³-hybridized carbons (Fsp3) is 0.381. The zero-order valence-corrected chi connectivity index (χ0v) is 15.2. The van der Waals surface area contributed by atoms with Crippen LogP contribution < -0.4 is 10.6 Å². The molecule has 1 heterocycles. The first-order chi connectivity index (χ1) is 12.7. The van der Waals surface area contributed by atoms with E-state index in [4.69, 9.17) is 4.74 Å². The van der Waals surface area contributed by atoms with Gasteiger partial charge in [0.25, 0.3) is 0 Å². The Morgan fingerprint density at radius 3 is 2.04 bits per heavy atom. The highest BCUT2D eigenvalue weighted by atomic mass is 16.5. The Bertz CT molecular complexity index is 633. The minimum absolute atomic E-state index is 0.0697. The van der Waals surface area contributed by atoms with Crippen LogP contribution in [0.15, 0.2) is 60.7 Å². The molecule has 0 aromatic heterocycles. The second-order valence-electron chi connectivity index (χ2n) is 6.69. The molecule has 2 amide bonds. The van der Waals surface area contributed by atoms with E-state index in [1.807, 2.05) is 67.6 Å². The van der Waals surface area contributed by atoms with E-state index in [9.17, 15) is 4.79 Å². The number of nitrogens with one attached hydrogen (secondary N) is 2. The summed E-state index contributed by atoms with van der Waals surface area (Å²) in [6.45, 7) is 6.24. The maximum absolute atomic E-state index is 12.6. The maximum Gasteiger partial charge on any atom is 0.315 e. The van der Waals surface area contributed by atoms with Gasteiger partial charge in [0.2, 0.25) is 0 Å². The number of ether oxygens (including phenoxy) is 1. The van der Waals surface area contributed by atoms with E-state index in [0.29, 0.717) is 0 Å². The molecule has 0 spiro atoms. The number of rotatable bonds is 6. The van der Waals surface area contributed by atoms with Crippen LogP contribution in [0.4, 0.5) is 4.79 Å². The van der Waals surface area contributed by atoms with Crippen molar-refractivity contribution in [3.63, 3.8) is 0 Å². The molecule has 2 aromatic carbocycles. The van der Waals surface area contributed by atoms with Crippen molar-refractivity contribution in [2.45, 2.75) is 19.0 Å². The van der Waals surface area contributed by atoms with Crippen LogP contribution in [0.3, 0.4) is 0 Å². The highest BCUT2D eigenvalue weighted by Gasteiger charge is 2.19. The van der Waals surface area contributed by atoms with Gasteiger partial charge < -0.3 is 15.4 Å². The SMILES string of the molecule is CC(CN1CCOCC1)NC(=O)NC(c1ccccc1)c1ccccc1. The summed E-state index contributed by atoms with van der Waals surface area (Å²) in [7, 11) is 0. The summed E-state index contributed by atoms with van der Waals surface area (Å²) in [5.41, 5.74) is 2.13. The summed E-state index contributed by atoms with van der Waals surface area (Å²) < 4.78 is 5.37. The van der Waals surface area contributed by atoms with Crippen molar-refractivity contribution < 1.29 is 9.53 Å². The van der Waals surface area contributed by atoms with E-state index < -0.39 is 0 Å². The Morgan fingerprint density at radius 1 is 0.962 bits per heavy atom. The quantitative estimate of drug-likeness (QED) is 0.840. The number of hydrogen-bond acceptors (Lipinski definition) is 3. The zero-order valence-electron chi connectivity index (χ0n) is 15.2. The first-order valence-corrected chi connectivity index (χ1v) is 9.19. The van der Waals surface area contributed by atoms with Crippen molar-refractivity contribution in [2.75, 3.05) is 32.8 Å². The van der Waals surface area contributed by atoms with Gasteiger partial charge >= 0.3 is 6.03 Å². The molecule has 1 aliphatic heterocycles. The molecule has 1 unspecified atom stereocenters. The summed E-state index contributed by atoms with van der Waals surface area (Å²) in [5.74, 6) is 0. The average Bonchev–Trinajstić information content (AvgIpc) is 2.68. The lowest BCUT2D eigenvalue weighted by molar-refractivity contribution is 0.0349. The molecule has 1 aliphatic rings. The van der Waals surface area contributed by atoms with Crippen LogP contribution in [0.25, 0.3) is 0 Å². The van der Waals surface area contributed by atoms with Gasteiger partial charge in [-0.15, -0.1) is 0 Å². The fourth-order valence-corrected chi connectivity index (χ4v) is 3.26. The highest BCUT2D eigenvalue weighted by Crippen LogP contribution is 2.21. The number of benzene rings is 2. The predicted molar refractivity (Wildman–Crippen MR) is 103 cm³/mol. The maximum atomic E-state index is 12.6. The molecule has 1 fully saturated rings. The Hall–Kier alpha value is -2.37. The Morgan fingerprint density at radius 2 is 1.50 bits per heavy atom. The van der Waals surface area contributed by atoms with Crippen molar-refractivity contribution in [3.05, 3.63) is 71.8 Å². The summed E-state index contributed by atoms with van der Waals surface area (Å²) in [4.78, 5) is 14.9. The van der Waals surface area contributed by atoms with Crippen molar-refractivity contribution in [1.29, 1.82) is 0 Å². The number of carbonyl (C=O) groups is 1. The third-order valence-electron chi connectivity index (χ3n) is 4.55. The lowest BCUT2D eigenvalue weighted by atomic mass is 9.99. The molecule has 3 rings (SSSR count). The standard InChI is InChI=1S/C21H27N3O2/c1-17(16-24-12-14-26-15-13-24)22-21(25)23-20(18-8-4-2-5-9-18)19-10-6-3-7-11-19/h2-11,17,20H,12-16H2,1H3,(H2,22,23,25). The van der Waals surface area contributed by atoms with Gasteiger partial charge in [-0.3, -0.25) is 4.90 Å². The van der Waals surface area contributed by atoms with Crippen LogP contribution in [0.1, 0.15) is 24.1 Å². The van der Waals surface area contributed by atoms with Crippen LogP contribution in [-0.4, -0.2) is 49.8 Å². The van der Waals surface area contributed by atoms with Crippen molar-refractivity contribution in [2.24, 2.45) is 0 Å². The largest absolute Gasteiger partial charge is 0.379 e. The van der Waals surface area contributed by atoms with Gasteiger partial charge in [-0.1, -0.05) is 60.7 Å². The summed E-state index contributed by atoms with van der Waals surface area (Å²) in [5, 5.41) is 6.19. The van der Waals surface area contributed by atoms with Crippen LogP contribution in [0.5, 0.6) is 0 Å². The monoisotopic (exact) mass is 353 g/mol. The summed E-state index contributed by atoms with van der Waals surface area (Å²) in [6, 6.07) is 19.8. The van der Waals surface area contributed by atoms with Crippen molar-refractivity contribution in [3.8, 4) is 0 Å². The minimum atomic E-state index is -0.173. The topological polar surface area (TPSA) is 53.6 Å². The smallest absolute Gasteiger partial charge is 0.315 e. The van der Waals surface area contributed by atoms with Crippen LogP contribution in [0.2, 0.25) is 0 Å². The van der Waals surface area contributed by atoms with E-state index in [2.05, 4.69) is 15.5 Å². The minimum Gasteiger partial charge on any atom is -0.379 e. The molecule has 5 heteroatoms. The first-order valence-electron chi connectivity index (χ1n) is 9.19. The average molecular weight is 353 g/mol. The lowest BCUT2D eigenvalue weighted by Crippen LogP contribution is -2.49. The van der Waals surface area contributed by atoms with E-state index in [-0.39, 0.29) is 18.1 Å². The number of amides is 2. The van der Waals surface area contributed by atoms with E-state index >= 15 is 0 Å². The van der Waals surface area contributed by atoms with Gasteiger partial charge in [0.1, 0.15) is 0 Å². The second-order valence-corrected chi connectivity index (χ2v) is 6.69. The molecule has 26 heavy (non-hydrogen) atoms. The van der Waals surface area contributed by atoms with Crippen LogP contribution in [-0.2, 0) is 4.74 Å². The predicted octanol–water partition coefficient (Wildman–Crippen LogP) is 2.80. The van der Waals surface area contributed by atoms with E-state index in [0.717, 1.165) is 44.0 Å². The molecule has 2 aromatic rings. The molecule has 2 N–H and O–H groups in total. The molecule has 1 atom stereocenters. The number of morpholine rings is 1. The summed E-state index contributed by atoms with van der Waals surface area (Å²) in [6.07, 6.45) is 0. The van der Waals surface area contributed by atoms with Crippen molar-refractivity contribution >= 4 is 6.03 Å². The van der Waals surface area contributed by atoms with E-state index in [1.165, 1.54) is 0 Å². The zero-order chi connectivity index (χ0) is 18.2. The van der Waals surface area contributed by atoms with Gasteiger partial charge in [0.05, 0.1) is 19.3 Å². The molecule has 138 valence electrons. The fourth-order valence-electron chi connectivity index (χ4n) is 3.26. The van der Waals surface area contributed by atoms with Gasteiger partial charge in [-0.05, 0) is 18.1 Å². The third-order valence-corrected chi connectivity index (χ3v) is 4.55. The van der Waals surface area contributed by atoms with Crippen LogP contribution in [0, 0.1) is 0 Å². The van der Waals surface area contributed by atoms with Gasteiger partial charge in [-0.25, -0.2) is 4.79 Å². The molecule has 0 bridgehead atoms. The molecular formula is C21H27N3O2. The molecule has 0 aliphatic carbocycles. The summed E-state index contributed by atoms with van der Waals surface area (Å²) >= 11 is 0. The molecule has 0 saturated carbocycles. The Kier molecular flexibility index (Phi) is 6.63. The van der Waals surface area contributed by atoms with Gasteiger partial charge in [0, 0.05) is 25.7 Å². The molecular weight excluding hydrogens is 326 g/mol. The first kappa shape index (κ1) is 18.4. The number of carbonyl (C=O) groups excluding carboxylic acids is 1.